The molecule has 2 aliphatic heterocycles. The van der Waals surface area contributed by atoms with Crippen molar-refractivity contribution in [3.63, 3.8) is 0 Å². The number of likely N-dealkylation sites (tertiary alicyclic amines) is 1. The molecule has 1 saturated heterocycles. The molecule has 1 N–H and O–H groups in total. The first-order valence-electron chi connectivity index (χ1n) is 11.5. The first-order valence-corrected chi connectivity index (χ1v) is 11.5. The second-order valence-corrected chi connectivity index (χ2v) is 8.51. The number of para-hydroxylation sites is 1. The molecule has 164 valence electrons. The highest BCUT2D eigenvalue weighted by molar-refractivity contribution is 5.83. The zero-order chi connectivity index (χ0) is 21.5. The molecule has 0 saturated carbocycles. The maximum absolute atomic E-state index is 12.7. The van der Waals surface area contributed by atoms with Crippen LogP contribution in [0.25, 0.3) is 0 Å². The molecule has 1 aromatic carbocycles. The minimum absolute atomic E-state index is 0.0781. The summed E-state index contributed by atoms with van der Waals surface area (Å²) in [4.78, 5) is 33.6. The number of benzene rings is 1. The van der Waals surface area contributed by atoms with Gasteiger partial charge < -0.3 is 15.1 Å². The van der Waals surface area contributed by atoms with E-state index in [4.69, 9.17) is 0 Å². The molecule has 6 heteroatoms. The van der Waals surface area contributed by atoms with Crippen LogP contribution in [0.2, 0.25) is 0 Å². The van der Waals surface area contributed by atoms with Gasteiger partial charge in [-0.3, -0.25) is 14.6 Å². The third kappa shape index (κ3) is 5.63. The summed E-state index contributed by atoms with van der Waals surface area (Å²) in [6, 6.07) is 14.4. The van der Waals surface area contributed by atoms with E-state index in [1.54, 1.807) is 6.20 Å². The summed E-state index contributed by atoms with van der Waals surface area (Å²) in [5.74, 6) is 0.107. The number of aromatic nitrogens is 1. The van der Waals surface area contributed by atoms with Gasteiger partial charge in [-0.25, -0.2) is 0 Å². The summed E-state index contributed by atoms with van der Waals surface area (Å²) in [5, 5.41) is 3.11. The number of piperidine rings is 1. The normalized spacial score (nSPS) is 18.6. The third-order valence-corrected chi connectivity index (χ3v) is 6.35. The summed E-state index contributed by atoms with van der Waals surface area (Å²) in [6.45, 7) is 3.85. The van der Waals surface area contributed by atoms with E-state index in [9.17, 15) is 9.59 Å². The van der Waals surface area contributed by atoms with Crippen LogP contribution in [-0.4, -0.2) is 54.4 Å². The van der Waals surface area contributed by atoms with E-state index < -0.39 is 0 Å². The van der Waals surface area contributed by atoms with Crippen LogP contribution in [0, 0.1) is 5.92 Å². The first kappa shape index (κ1) is 21.3. The number of anilines is 1. The number of aryl methyl sites for hydroxylation is 1. The second kappa shape index (κ2) is 10.4. The number of nitrogens with zero attached hydrogens (tertiary/aromatic N) is 3. The lowest BCUT2D eigenvalue weighted by molar-refractivity contribution is -0.138. The lowest BCUT2D eigenvalue weighted by Crippen LogP contribution is -2.46. The number of carbonyl (C=O) groups is 2. The van der Waals surface area contributed by atoms with Crippen LogP contribution >= 0.6 is 0 Å². The highest BCUT2D eigenvalue weighted by Gasteiger charge is 2.29. The van der Waals surface area contributed by atoms with E-state index in [1.165, 1.54) is 17.7 Å². The van der Waals surface area contributed by atoms with Crippen molar-refractivity contribution in [1.29, 1.82) is 0 Å². The quantitative estimate of drug-likeness (QED) is 0.667. The van der Waals surface area contributed by atoms with Gasteiger partial charge >= 0.3 is 0 Å². The molecular formula is C25H32N4O2. The van der Waals surface area contributed by atoms with Crippen molar-refractivity contribution in [2.45, 2.75) is 38.5 Å². The second-order valence-electron chi connectivity index (χ2n) is 8.51. The molecule has 0 radical (unpaired) electrons. The zero-order valence-corrected chi connectivity index (χ0v) is 18.1. The van der Waals surface area contributed by atoms with Crippen molar-refractivity contribution < 1.29 is 9.59 Å². The number of rotatable bonds is 8. The Hall–Kier alpha value is -2.89. The summed E-state index contributed by atoms with van der Waals surface area (Å²) >= 11 is 0. The maximum Gasteiger partial charge on any atom is 0.224 e. The van der Waals surface area contributed by atoms with E-state index in [-0.39, 0.29) is 17.7 Å². The van der Waals surface area contributed by atoms with Gasteiger partial charge in [-0.05, 0) is 49.4 Å². The van der Waals surface area contributed by atoms with Crippen molar-refractivity contribution >= 4 is 17.5 Å². The van der Waals surface area contributed by atoms with Gasteiger partial charge in [-0.15, -0.1) is 0 Å². The number of fused-ring (bicyclic) bond motifs is 1. The Balaban J connectivity index is 1.20. The van der Waals surface area contributed by atoms with Gasteiger partial charge in [0.1, 0.15) is 0 Å². The molecule has 6 nitrogen and oxygen atoms in total. The number of pyridine rings is 1. The fraction of sp³-hybridized carbons (Fsp3) is 0.480. The largest absolute Gasteiger partial charge is 0.371 e. The van der Waals surface area contributed by atoms with E-state index in [0.29, 0.717) is 32.5 Å². The fourth-order valence-electron chi connectivity index (χ4n) is 4.61. The van der Waals surface area contributed by atoms with Gasteiger partial charge in [0.2, 0.25) is 11.8 Å². The number of carbonyl (C=O) groups excluding carboxylic acids is 2. The molecule has 31 heavy (non-hydrogen) atoms. The van der Waals surface area contributed by atoms with Crippen LogP contribution in [0.1, 0.15) is 36.9 Å². The molecule has 0 bridgehead atoms. The standard InChI is InChI=1S/C25H32N4O2/c30-24-12-11-21(19-29(24)18-13-22-9-3-4-14-26-22)25(31)27-15-6-17-28-16-5-8-20-7-1-2-10-23(20)28/h1-4,7,9-10,14,21H,5-6,8,11-13,15-19H2,(H,27,31). The van der Waals surface area contributed by atoms with Crippen molar-refractivity contribution in [2.75, 3.05) is 37.6 Å². The smallest absolute Gasteiger partial charge is 0.224 e. The Morgan fingerprint density at radius 1 is 1.06 bits per heavy atom. The van der Waals surface area contributed by atoms with Crippen LogP contribution in [0.15, 0.2) is 48.7 Å². The number of hydrogen-bond donors (Lipinski definition) is 1. The molecule has 2 amide bonds. The molecule has 1 fully saturated rings. The van der Waals surface area contributed by atoms with Crippen LogP contribution in [0.3, 0.4) is 0 Å². The summed E-state index contributed by atoms with van der Waals surface area (Å²) in [5.41, 5.74) is 3.74. The Labute approximate surface area is 184 Å². The van der Waals surface area contributed by atoms with E-state index in [0.717, 1.165) is 38.0 Å². The lowest BCUT2D eigenvalue weighted by Gasteiger charge is -2.32. The SMILES string of the molecule is O=C(NCCCN1CCCc2ccccc21)C1CCC(=O)N(CCc2ccccn2)C1. The van der Waals surface area contributed by atoms with Crippen molar-refractivity contribution in [3.8, 4) is 0 Å². The molecule has 0 aliphatic carbocycles. The molecule has 1 aromatic heterocycles. The van der Waals surface area contributed by atoms with Gasteiger partial charge in [0.05, 0.1) is 5.92 Å². The van der Waals surface area contributed by atoms with Gasteiger partial charge in [0.15, 0.2) is 0 Å². The highest BCUT2D eigenvalue weighted by Crippen LogP contribution is 2.26. The first-order chi connectivity index (χ1) is 15.2. The minimum atomic E-state index is -0.114. The summed E-state index contributed by atoms with van der Waals surface area (Å²) in [6.07, 6.45) is 6.85. The number of hydrogen-bond acceptors (Lipinski definition) is 4. The maximum atomic E-state index is 12.7. The Morgan fingerprint density at radius 2 is 1.94 bits per heavy atom. The van der Waals surface area contributed by atoms with E-state index >= 15 is 0 Å². The van der Waals surface area contributed by atoms with Gasteiger partial charge in [0.25, 0.3) is 0 Å². The molecular weight excluding hydrogens is 388 g/mol. The average molecular weight is 421 g/mol. The van der Waals surface area contributed by atoms with Gasteiger partial charge in [0, 0.05) is 63.1 Å². The lowest BCUT2D eigenvalue weighted by atomic mass is 9.96. The summed E-state index contributed by atoms with van der Waals surface area (Å²) < 4.78 is 0. The fourth-order valence-corrected chi connectivity index (χ4v) is 4.61. The van der Waals surface area contributed by atoms with E-state index in [1.807, 2.05) is 23.1 Å². The third-order valence-electron chi connectivity index (χ3n) is 6.35. The number of amides is 2. The molecule has 1 atom stereocenters. The Kier molecular flexibility index (Phi) is 7.18. The Bertz CT molecular complexity index is 886. The predicted molar refractivity (Wildman–Crippen MR) is 122 cm³/mol. The minimum Gasteiger partial charge on any atom is -0.371 e. The molecule has 2 aromatic rings. The average Bonchev–Trinajstić information content (AvgIpc) is 2.82. The summed E-state index contributed by atoms with van der Waals surface area (Å²) in [7, 11) is 0. The van der Waals surface area contributed by atoms with Crippen LogP contribution in [-0.2, 0) is 22.4 Å². The molecule has 4 rings (SSSR count). The van der Waals surface area contributed by atoms with Crippen molar-refractivity contribution in [1.82, 2.24) is 15.2 Å². The van der Waals surface area contributed by atoms with Crippen LogP contribution in [0.4, 0.5) is 5.69 Å². The zero-order valence-electron chi connectivity index (χ0n) is 18.1. The molecule has 3 heterocycles. The van der Waals surface area contributed by atoms with Gasteiger partial charge in [-0.2, -0.15) is 0 Å². The number of nitrogens with one attached hydrogen (secondary N) is 1. The monoisotopic (exact) mass is 420 g/mol. The van der Waals surface area contributed by atoms with E-state index in [2.05, 4.69) is 39.5 Å². The molecule has 2 aliphatic rings. The predicted octanol–water partition coefficient (Wildman–Crippen LogP) is 2.82. The molecule has 0 spiro atoms. The highest BCUT2D eigenvalue weighted by atomic mass is 16.2. The topological polar surface area (TPSA) is 65.5 Å². The van der Waals surface area contributed by atoms with Crippen LogP contribution in [0.5, 0.6) is 0 Å². The molecule has 1 unspecified atom stereocenters. The van der Waals surface area contributed by atoms with Gasteiger partial charge in [-0.1, -0.05) is 24.3 Å². The Morgan fingerprint density at radius 3 is 2.81 bits per heavy atom. The van der Waals surface area contributed by atoms with Crippen LogP contribution < -0.4 is 10.2 Å². The van der Waals surface area contributed by atoms with Crippen molar-refractivity contribution in [2.24, 2.45) is 5.92 Å². The van der Waals surface area contributed by atoms with Crippen molar-refractivity contribution in [3.05, 3.63) is 59.9 Å².